The average molecular weight is 368 g/mol. The third-order valence-electron chi connectivity index (χ3n) is 3.40. The van der Waals surface area contributed by atoms with E-state index < -0.39 is 4.92 Å². The van der Waals surface area contributed by atoms with Gasteiger partial charge in [0.05, 0.1) is 42.4 Å². The molecule has 2 rings (SSSR count). The van der Waals surface area contributed by atoms with E-state index in [2.05, 4.69) is 10.5 Å². The number of amides is 1. The van der Waals surface area contributed by atoms with Gasteiger partial charge in [-0.05, 0) is 6.07 Å². The second kappa shape index (κ2) is 10.1. The monoisotopic (exact) mass is 368 g/mol. The number of benzene rings is 1. The summed E-state index contributed by atoms with van der Waals surface area (Å²) in [6, 6.07) is 4.66. The molecule has 0 aromatic heterocycles. The standard InChI is InChI=1S/C15H20N4O5S/c20-5-8-25-14-2-1-12(9-13(14)19(22)23)10-16-17-15(21)11-18-3-6-24-7-4-18/h1-2,9-10,20H,3-8,11H2,(H,17,21)/b16-10+. The molecule has 1 aliphatic heterocycles. The van der Waals surface area contributed by atoms with Crippen molar-refractivity contribution >= 4 is 29.6 Å². The third kappa shape index (κ3) is 6.42. The lowest BCUT2D eigenvalue weighted by atomic mass is 10.2. The van der Waals surface area contributed by atoms with Crippen LogP contribution < -0.4 is 5.43 Å². The molecule has 136 valence electrons. The number of nitro benzene ring substituents is 1. The van der Waals surface area contributed by atoms with Gasteiger partial charge in [0.2, 0.25) is 0 Å². The molecule has 0 bridgehead atoms. The van der Waals surface area contributed by atoms with E-state index in [4.69, 9.17) is 9.84 Å². The molecule has 1 aliphatic rings. The zero-order chi connectivity index (χ0) is 18.1. The largest absolute Gasteiger partial charge is 0.396 e. The number of aliphatic hydroxyl groups is 1. The molecule has 0 aliphatic carbocycles. The number of aliphatic hydroxyl groups excluding tert-OH is 1. The van der Waals surface area contributed by atoms with Gasteiger partial charge in [-0.2, -0.15) is 5.10 Å². The number of morpholine rings is 1. The van der Waals surface area contributed by atoms with Gasteiger partial charge in [0, 0.05) is 30.5 Å². The number of hydrogen-bond donors (Lipinski definition) is 2. The topological polar surface area (TPSA) is 117 Å². The number of nitrogens with zero attached hydrogens (tertiary/aromatic N) is 3. The third-order valence-corrected chi connectivity index (χ3v) is 4.45. The van der Waals surface area contributed by atoms with Gasteiger partial charge in [0.15, 0.2) is 0 Å². The highest BCUT2D eigenvalue weighted by Crippen LogP contribution is 2.29. The molecule has 2 N–H and O–H groups in total. The van der Waals surface area contributed by atoms with Crippen molar-refractivity contribution in [1.29, 1.82) is 0 Å². The van der Waals surface area contributed by atoms with Crippen molar-refractivity contribution in [1.82, 2.24) is 10.3 Å². The van der Waals surface area contributed by atoms with Crippen LogP contribution in [0.4, 0.5) is 5.69 Å². The van der Waals surface area contributed by atoms with Crippen LogP contribution in [0.1, 0.15) is 5.56 Å². The van der Waals surface area contributed by atoms with Gasteiger partial charge in [-0.1, -0.05) is 6.07 Å². The number of nitrogens with one attached hydrogen (secondary N) is 1. The zero-order valence-corrected chi connectivity index (χ0v) is 14.4. The van der Waals surface area contributed by atoms with E-state index in [9.17, 15) is 14.9 Å². The molecule has 0 saturated carbocycles. The molecular formula is C15H20N4O5S. The molecule has 1 aromatic rings. The second-order valence-corrected chi connectivity index (χ2v) is 6.37. The van der Waals surface area contributed by atoms with Crippen LogP contribution in [0, 0.1) is 10.1 Å². The number of thioether (sulfide) groups is 1. The first-order chi connectivity index (χ1) is 12.1. The normalized spacial score (nSPS) is 15.4. The van der Waals surface area contributed by atoms with Crippen molar-refractivity contribution in [2.45, 2.75) is 4.90 Å². The van der Waals surface area contributed by atoms with Crippen molar-refractivity contribution < 1.29 is 19.6 Å². The molecule has 1 amide bonds. The minimum absolute atomic E-state index is 0.0537. The Balaban J connectivity index is 1.92. The van der Waals surface area contributed by atoms with E-state index in [-0.39, 0.29) is 24.7 Å². The molecule has 0 atom stereocenters. The first-order valence-corrected chi connectivity index (χ1v) is 8.73. The summed E-state index contributed by atoms with van der Waals surface area (Å²) in [6.45, 7) is 2.81. The summed E-state index contributed by atoms with van der Waals surface area (Å²) >= 11 is 1.21. The lowest BCUT2D eigenvalue weighted by Crippen LogP contribution is -2.42. The number of nitro groups is 1. The summed E-state index contributed by atoms with van der Waals surface area (Å²) in [7, 11) is 0. The second-order valence-electron chi connectivity index (χ2n) is 5.24. The lowest BCUT2D eigenvalue weighted by Gasteiger charge is -2.25. The predicted octanol–water partition coefficient (Wildman–Crippen LogP) is 0.462. The van der Waals surface area contributed by atoms with Crippen LogP contribution in [0.25, 0.3) is 0 Å². The Morgan fingerprint density at radius 3 is 2.92 bits per heavy atom. The van der Waals surface area contributed by atoms with Crippen molar-refractivity contribution in [2.75, 3.05) is 45.2 Å². The summed E-state index contributed by atoms with van der Waals surface area (Å²) in [5.74, 6) is 0.133. The molecule has 9 nitrogen and oxygen atoms in total. The molecular weight excluding hydrogens is 348 g/mol. The summed E-state index contributed by atoms with van der Waals surface area (Å²) in [6.07, 6.45) is 1.37. The Kier molecular flexibility index (Phi) is 7.79. The van der Waals surface area contributed by atoms with Crippen LogP contribution >= 0.6 is 11.8 Å². The van der Waals surface area contributed by atoms with Gasteiger partial charge in [-0.15, -0.1) is 11.8 Å². The molecule has 25 heavy (non-hydrogen) atoms. The summed E-state index contributed by atoms with van der Waals surface area (Å²) in [4.78, 5) is 24.9. The van der Waals surface area contributed by atoms with Crippen molar-refractivity contribution in [2.24, 2.45) is 5.10 Å². The minimum atomic E-state index is -0.478. The van der Waals surface area contributed by atoms with Gasteiger partial charge >= 0.3 is 0 Å². The van der Waals surface area contributed by atoms with Gasteiger partial charge in [0.25, 0.3) is 11.6 Å². The van der Waals surface area contributed by atoms with E-state index in [1.54, 1.807) is 12.1 Å². The van der Waals surface area contributed by atoms with Crippen LogP contribution in [0.5, 0.6) is 0 Å². The van der Waals surface area contributed by atoms with E-state index in [0.29, 0.717) is 42.5 Å². The van der Waals surface area contributed by atoms with Crippen LogP contribution in [0.2, 0.25) is 0 Å². The first-order valence-electron chi connectivity index (χ1n) is 7.74. The van der Waals surface area contributed by atoms with Gasteiger partial charge in [-0.3, -0.25) is 19.8 Å². The molecule has 0 spiro atoms. The van der Waals surface area contributed by atoms with Crippen molar-refractivity contribution in [3.8, 4) is 0 Å². The van der Waals surface area contributed by atoms with Crippen LogP contribution in [-0.2, 0) is 9.53 Å². The maximum Gasteiger partial charge on any atom is 0.283 e. The highest BCUT2D eigenvalue weighted by Gasteiger charge is 2.15. The highest BCUT2D eigenvalue weighted by molar-refractivity contribution is 7.99. The van der Waals surface area contributed by atoms with Crippen LogP contribution in [0.3, 0.4) is 0 Å². The first kappa shape index (κ1) is 19.3. The maximum absolute atomic E-state index is 11.8. The summed E-state index contributed by atoms with van der Waals surface area (Å²) in [5.41, 5.74) is 2.87. The molecule has 1 heterocycles. The van der Waals surface area contributed by atoms with E-state index in [1.807, 2.05) is 4.90 Å². The molecule has 0 radical (unpaired) electrons. The van der Waals surface area contributed by atoms with Gasteiger partial charge in [-0.25, -0.2) is 5.43 Å². The van der Waals surface area contributed by atoms with Gasteiger partial charge in [0.1, 0.15) is 0 Å². The smallest absolute Gasteiger partial charge is 0.283 e. The minimum Gasteiger partial charge on any atom is -0.396 e. The van der Waals surface area contributed by atoms with E-state index in [1.165, 1.54) is 24.0 Å². The Morgan fingerprint density at radius 2 is 2.24 bits per heavy atom. The number of carbonyl (C=O) groups excluding carboxylic acids is 1. The van der Waals surface area contributed by atoms with Crippen molar-refractivity contribution in [3.63, 3.8) is 0 Å². The Morgan fingerprint density at radius 1 is 1.48 bits per heavy atom. The SMILES string of the molecule is O=C(CN1CCOCC1)N/N=C/c1ccc(SCCO)c([N+](=O)[O-])c1. The number of carbonyl (C=O) groups is 1. The summed E-state index contributed by atoms with van der Waals surface area (Å²) in [5, 5.41) is 23.8. The fraction of sp³-hybridized carbons (Fsp3) is 0.467. The molecule has 1 saturated heterocycles. The quantitative estimate of drug-likeness (QED) is 0.296. The number of rotatable bonds is 8. The maximum atomic E-state index is 11.8. The average Bonchev–Trinajstić information content (AvgIpc) is 2.61. The van der Waals surface area contributed by atoms with Crippen LogP contribution in [-0.4, -0.2) is 72.3 Å². The number of hydrogen-bond acceptors (Lipinski definition) is 8. The van der Waals surface area contributed by atoms with E-state index >= 15 is 0 Å². The number of ether oxygens (including phenoxy) is 1. The molecule has 0 unspecified atom stereocenters. The predicted molar refractivity (Wildman–Crippen MR) is 93.9 cm³/mol. The number of hydrazone groups is 1. The summed E-state index contributed by atoms with van der Waals surface area (Å²) < 4.78 is 5.21. The van der Waals surface area contributed by atoms with E-state index in [0.717, 1.165) is 0 Å². The van der Waals surface area contributed by atoms with Crippen molar-refractivity contribution in [3.05, 3.63) is 33.9 Å². The fourth-order valence-electron chi connectivity index (χ4n) is 2.21. The Bertz CT molecular complexity index is 634. The molecule has 10 heteroatoms. The van der Waals surface area contributed by atoms with Gasteiger partial charge < -0.3 is 9.84 Å². The van der Waals surface area contributed by atoms with Crippen LogP contribution in [0.15, 0.2) is 28.2 Å². The Labute approximate surface area is 149 Å². The highest BCUT2D eigenvalue weighted by atomic mass is 32.2. The molecule has 1 fully saturated rings. The zero-order valence-electron chi connectivity index (χ0n) is 13.6. The molecule has 1 aromatic carbocycles. The lowest BCUT2D eigenvalue weighted by molar-refractivity contribution is -0.387. The fourth-order valence-corrected chi connectivity index (χ4v) is 2.97. The Hall–Kier alpha value is -2.01.